The summed E-state index contributed by atoms with van der Waals surface area (Å²) in [6.07, 6.45) is 3.97. The Morgan fingerprint density at radius 1 is 1.25 bits per heavy atom. The second-order valence-corrected chi connectivity index (χ2v) is 4.88. The molecular weight excluding hydrogens is 260 g/mol. The van der Waals surface area contributed by atoms with Crippen molar-refractivity contribution >= 4 is 17.6 Å². The van der Waals surface area contributed by atoms with Crippen LogP contribution in [0.2, 0.25) is 0 Å². The van der Waals surface area contributed by atoms with Crippen molar-refractivity contribution in [1.29, 1.82) is 0 Å². The van der Waals surface area contributed by atoms with Gasteiger partial charge < -0.3 is 20.8 Å². The van der Waals surface area contributed by atoms with Crippen LogP contribution in [0.4, 0.5) is 5.69 Å². The molecule has 0 spiro atoms. The molecule has 20 heavy (non-hydrogen) atoms. The lowest BCUT2D eigenvalue weighted by atomic mass is 10.1. The zero-order chi connectivity index (χ0) is 14.5. The molecule has 6 heteroatoms. The smallest absolute Gasteiger partial charge is 0.339 e. The van der Waals surface area contributed by atoms with Gasteiger partial charge in [0.05, 0.1) is 6.04 Å². The predicted octanol–water partition coefficient (Wildman–Crippen LogP) is 1.56. The van der Waals surface area contributed by atoms with E-state index in [4.69, 9.17) is 5.11 Å². The Morgan fingerprint density at radius 2 is 2.05 bits per heavy atom. The van der Waals surface area contributed by atoms with Crippen LogP contribution in [0.15, 0.2) is 18.2 Å². The Labute approximate surface area is 116 Å². The van der Waals surface area contributed by atoms with E-state index in [2.05, 4.69) is 10.6 Å². The summed E-state index contributed by atoms with van der Waals surface area (Å²) in [6, 6.07) is 3.75. The summed E-state index contributed by atoms with van der Waals surface area (Å²) in [5.41, 5.74) is 0.208. The van der Waals surface area contributed by atoms with E-state index in [9.17, 15) is 14.7 Å². The molecule has 0 saturated carbocycles. The molecule has 1 amide bonds. The highest BCUT2D eigenvalue weighted by Gasteiger charge is 2.20. The van der Waals surface area contributed by atoms with Crippen molar-refractivity contribution in [1.82, 2.24) is 5.32 Å². The van der Waals surface area contributed by atoms with Crippen molar-refractivity contribution in [2.45, 2.75) is 31.7 Å². The molecule has 1 unspecified atom stereocenters. The van der Waals surface area contributed by atoms with E-state index in [0.717, 1.165) is 32.2 Å². The van der Waals surface area contributed by atoms with Crippen molar-refractivity contribution in [3.8, 4) is 5.75 Å². The lowest BCUT2D eigenvalue weighted by molar-refractivity contribution is -0.118. The van der Waals surface area contributed by atoms with E-state index in [1.165, 1.54) is 18.2 Å². The summed E-state index contributed by atoms with van der Waals surface area (Å²) in [7, 11) is 0. The average molecular weight is 278 g/mol. The minimum absolute atomic E-state index is 0.158. The molecule has 0 aromatic heterocycles. The molecule has 1 saturated heterocycles. The third-order valence-corrected chi connectivity index (χ3v) is 3.37. The standard InChI is InChI=1S/C14H18N2O4/c17-12-8-9(5-6-10(12)14(19)20)16-13(18)11-4-2-1-3-7-15-11/h5-6,8,11,15,17H,1-4,7H2,(H,16,18)(H,19,20). The highest BCUT2D eigenvalue weighted by molar-refractivity contribution is 5.96. The van der Waals surface area contributed by atoms with Crippen LogP contribution in [0, 0.1) is 0 Å². The number of benzene rings is 1. The van der Waals surface area contributed by atoms with Crippen LogP contribution in [-0.4, -0.2) is 34.7 Å². The molecule has 108 valence electrons. The van der Waals surface area contributed by atoms with E-state index in [-0.39, 0.29) is 23.3 Å². The second kappa shape index (κ2) is 6.38. The summed E-state index contributed by atoms with van der Waals surface area (Å²) in [6.45, 7) is 0.821. The maximum atomic E-state index is 12.1. The molecule has 1 heterocycles. The number of aromatic hydroxyl groups is 1. The molecule has 1 aliphatic rings. The Hall–Kier alpha value is -2.08. The molecule has 0 aliphatic carbocycles. The third-order valence-electron chi connectivity index (χ3n) is 3.37. The Kier molecular flexibility index (Phi) is 4.57. The van der Waals surface area contributed by atoms with Gasteiger partial charge in [-0.2, -0.15) is 0 Å². The third kappa shape index (κ3) is 3.48. The molecule has 0 radical (unpaired) electrons. The first-order chi connectivity index (χ1) is 9.58. The van der Waals surface area contributed by atoms with Crippen LogP contribution in [0.1, 0.15) is 36.0 Å². The minimum Gasteiger partial charge on any atom is -0.507 e. The van der Waals surface area contributed by atoms with Gasteiger partial charge in [0, 0.05) is 11.8 Å². The number of carboxylic acids is 1. The maximum Gasteiger partial charge on any atom is 0.339 e. The van der Waals surface area contributed by atoms with Gasteiger partial charge >= 0.3 is 5.97 Å². The number of phenols is 1. The van der Waals surface area contributed by atoms with Gasteiger partial charge in [-0.25, -0.2) is 4.79 Å². The number of rotatable bonds is 3. The SMILES string of the molecule is O=C(O)c1ccc(NC(=O)C2CCCCCN2)cc1O. The van der Waals surface area contributed by atoms with Gasteiger partial charge in [-0.15, -0.1) is 0 Å². The zero-order valence-electron chi connectivity index (χ0n) is 11.1. The molecule has 1 aromatic carbocycles. The molecule has 6 nitrogen and oxygen atoms in total. The van der Waals surface area contributed by atoms with Gasteiger partial charge in [0.2, 0.25) is 5.91 Å². The van der Waals surface area contributed by atoms with Gasteiger partial charge in [-0.3, -0.25) is 4.79 Å². The van der Waals surface area contributed by atoms with Crippen molar-refractivity contribution in [2.24, 2.45) is 0 Å². The average Bonchev–Trinajstić information content (AvgIpc) is 2.67. The summed E-state index contributed by atoms with van der Waals surface area (Å²) in [5.74, 6) is -1.72. The number of anilines is 1. The minimum atomic E-state index is -1.20. The summed E-state index contributed by atoms with van der Waals surface area (Å²) in [5, 5.41) is 24.3. The highest BCUT2D eigenvalue weighted by Crippen LogP contribution is 2.22. The van der Waals surface area contributed by atoms with Crippen molar-refractivity contribution in [3.05, 3.63) is 23.8 Å². The van der Waals surface area contributed by atoms with Crippen LogP contribution in [0.25, 0.3) is 0 Å². The number of nitrogens with one attached hydrogen (secondary N) is 2. The van der Waals surface area contributed by atoms with E-state index in [0.29, 0.717) is 5.69 Å². The number of hydrogen-bond donors (Lipinski definition) is 4. The number of carbonyl (C=O) groups excluding carboxylic acids is 1. The lowest BCUT2D eigenvalue weighted by Crippen LogP contribution is -2.39. The van der Waals surface area contributed by atoms with Gasteiger partial charge in [0.1, 0.15) is 11.3 Å². The van der Waals surface area contributed by atoms with Crippen LogP contribution in [0.3, 0.4) is 0 Å². The molecule has 1 aromatic rings. The Morgan fingerprint density at radius 3 is 2.75 bits per heavy atom. The monoisotopic (exact) mass is 278 g/mol. The van der Waals surface area contributed by atoms with Crippen LogP contribution in [0.5, 0.6) is 5.75 Å². The number of carbonyl (C=O) groups is 2. The van der Waals surface area contributed by atoms with E-state index >= 15 is 0 Å². The fourth-order valence-electron chi connectivity index (χ4n) is 2.27. The molecule has 1 fully saturated rings. The normalized spacial score (nSPS) is 19.1. The zero-order valence-corrected chi connectivity index (χ0v) is 11.1. The van der Waals surface area contributed by atoms with Crippen LogP contribution < -0.4 is 10.6 Å². The summed E-state index contributed by atoms with van der Waals surface area (Å²) < 4.78 is 0. The van der Waals surface area contributed by atoms with Gasteiger partial charge in [0.25, 0.3) is 0 Å². The largest absolute Gasteiger partial charge is 0.507 e. The molecular formula is C14H18N2O4. The molecule has 0 bridgehead atoms. The number of amides is 1. The molecule has 4 N–H and O–H groups in total. The number of hydrogen-bond acceptors (Lipinski definition) is 4. The van der Waals surface area contributed by atoms with E-state index in [1.807, 2.05) is 0 Å². The Bertz CT molecular complexity index is 508. The first-order valence-electron chi connectivity index (χ1n) is 6.68. The van der Waals surface area contributed by atoms with E-state index < -0.39 is 5.97 Å². The first kappa shape index (κ1) is 14.3. The van der Waals surface area contributed by atoms with Crippen molar-refractivity contribution < 1.29 is 19.8 Å². The summed E-state index contributed by atoms with van der Waals surface area (Å²) >= 11 is 0. The maximum absolute atomic E-state index is 12.1. The van der Waals surface area contributed by atoms with Crippen LogP contribution in [-0.2, 0) is 4.79 Å². The summed E-state index contributed by atoms with van der Waals surface area (Å²) in [4.78, 5) is 22.9. The second-order valence-electron chi connectivity index (χ2n) is 4.88. The lowest BCUT2D eigenvalue weighted by Gasteiger charge is -2.15. The van der Waals surface area contributed by atoms with Gasteiger partial charge in [-0.05, 0) is 31.5 Å². The van der Waals surface area contributed by atoms with Crippen LogP contribution >= 0.6 is 0 Å². The van der Waals surface area contributed by atoms with Crippen molar-refractivity contribution in [3.63, 3.8) is 0 Å². The number of carboxylic acid groups (broad SMARTS) is 1. The van der Waals surface area contributed by atoms with Gasteiger partial charge in [0.15, 0.2) is 0 Å². The first-order valence-corrected chi connectivity index (χ1v) is 6.68. The van der Waals surface area contributed by atoms with E-state index in [1.54, 1.807) is 0 Å². The predicted molar refractivity (Wildman–Crippen MR) is 74.0 cm³/mol. The topological polar surface area (TPSA) is 98.7 Å². The molecule has 2 rings (SSSR count). The highest BCUT2D eigenvalue weighted by atomic mass is 16.4. The quantitative estimate of drug-likeness (QED) is 0.672. The fourth-order valence-corrected chi connectivity index (χ4v) is 2.27. The Balaban J connectivity index is 2.03. The fraction of sp³-hybridized carbons (Fsp3) is 0.429. The van der Waals surface area contributed by atoms with Crippen molar-refractivity contribution in [2.75, 3.05) is 11.9 Å². The molecule has 1 atom stereocenters. The van der Waals surface area contributed by atoms with Gasteiger partial charge in [-0.1, -0.05) is 12.8 Å². The molecule has 1 aliphatic heterocycles. The number of aromatic carboxylic acids is 1.